The van der Waals surface area contributed by atoms with Crippen LogP contribution < -0.4 is 10.2 Å². The zero-order valence-electron chi connectivity index (χ0n) is 14.9. The summed E-state index contributed by atoms with van der Waals surface area (Å²) in [6.07, 6.45) is 11.7. The molecular formula is C18H25N7O. The van der Waals surface area contributed by atoms with Gasteiger partial charge in [-0.1, -0.05) is 0 Å². The number of aromatic nitrogens is 4. The highest BCUT2D eigenvalue weighted by Gasteiger charge is 2.18. The zero-order valence-corrected chi connectivity index (χ0v) is 14.9. The molecule has 138 valence electrons. The highest BCUT2D eigenvalue weighted by atomic mass is 16.5. The molecule has 2 aliphatic rings. The van der Waals surface area contributed by atoms with Crippen LogP contribution in [0.1, 0.15) is 18.4 Å². The van der Waals surface area contributed by atoms with E-state index in [1.165, 1.54) is 0 Å². The first-order valence-electron chi connectivity index (χ1n) is 9.26. The van der Waals surface area contributed by atoms with Gasteiger partial charge in [-0.05, 0) is 12.8 Å². The smallest absolute Gasteiger partial charge is 0.222 e. The van der Waals surface area contributed by atoms with Crippen molar-refractivity contribution in [3.8, 4) is 0 Å². The molecule has 1 N–H and O–H groups in total. The Labute approximate surface area is 153 Å². The number of rotatable bonds is 6. The molecule has 1 atom stereocenters. The van der Waals surface area contributed by atoms with E-state index in [0.29, 0.717) is 12.1 Å². The van der Waals surface area contributed by atoms with Crippen molar-refractivity contribution in [2.24, 2.45) is 0 Å². The Morgan fingerprint density at radius 3 is 2.58 bits per heavy atom. The van der Waals surface area contributed by atoms with Gasteiger partial charge in [0, 0.05) is 76.2 Å². The number of ether oxygens (including phenoxy) is 1. The number of nitrogens with one attached hydrogen (secondary N) is 1. The number of anilines is 2. The third-order valence-corrected chi connectivity index (χ3v) is 4.87. The van der Waals surface area contributed by atoms with E-state index < -0.39 is 0 Å². The lowest BCUT2D eigenvalue weighted by Crippen LogP contribution is -2.46. The van der Waals surface area contributed by atoms with Crippen LogP contribution in [-0.2, 0) is 11.3 Å². The summed E-state index contributed by atoms with van der Waals surface area (Å²) < 4.78 is 5.60. The van der Waals surface area contributed by atoms with E-state index in [1.807, 2.05) is 18.6 Å². The lowest BCUT2D eigenvalue weighted by Gasteiger charge is -2.35. The van der Waals surface area contributed by atoms with Gasteiger partial charge in [0.05, 0.1) is 12.3 Å². The third-order valence-electron chi connectivity index (χ3n) is 4.87. The summed E-state index contributed by atoms with van der Waals surface area (Å²) in [5.41, 5.74) is 1.14. The van der Waals surface area contributed by atoms with Gasteiger partial charge in [0.15, 0.2) is 0 Å². The molecule has 2 saturated heterocycles. The van der Waals surface area contributed by atoms with E-state index in [4.69, 9.17) is 4.74 Å². The molecule has 0 aliphatic carbocycles. The van der Waals surface area contributed by atoms with Crippen LogP contribution in [0.25, 0.3) is 0 Å². The number of nitrogens with zero attached hydrogens (tertiary/aromatic N) is 6. The van der Waals surface area contributed by atoms with E-state index in [-0.39, 0.29) is 0 Å². The summed E-state index contributed by atoms with van der Waals surface area (Å²) in [6, 6.07) is 0. The second-order valence-electron chi connectivity index (χ2n) is 6.76. The SMILES string of the molecule is c1cnc(N2CCN(Cc3cnc(NC[C@H]4CCCO4)nc3)CC2)cn1. The Morgan fingerprint density at radius 1 is 1.04 bits per heavy atom. The lowest BCUT2D eigenvalue weighted by atomic mass is 10.2. The second kappa shape index (κ2) is 8.37. The molecule has 4 rings (SSSR count). The van der Waals surface area contributed by atoms with Crippen LogP contribution in [0, 0.1) is 0 Å². The van der Waals surface area contributed by atoms with Crippen LogP contribution in [-0.4, -0.2) is 70.3 Å². The fourth-order valence-corrected chi connectivity index (χ4v) is 3.39. The first kappa shape index (κ1) is 17.1. The average Bonchev–Trinajstić information content (AvgIpc) is 3.22. The van der Waals surface area contributed by atoms with Gasteiger partial charge >= 0.3 is 0 Å². The van der Waals surface area contributed by atoms with E-state index in [2.05, 4.69) is 35.1 Å². The fourth-order valence-electron chi connectivity index (χ4n) is 3.39. The highest BCUT2D eigenvalue weighted by molar-refractivity contribution is 5.35. The van der Waals surface area contributed by atoms with E-state index in [0.717, 1.165) is 70.1 Å². The summed E-state index contributed by atoms with van der Waals surface area (Å²) in [5, 5.41) is 3.26. The summed E-state index contributed by atoms with van der Waals surface area (Å²) in [6.45, 7) is 6.44. The standard InChI is InChI=1S/C18H25N7O/c1-2-16(26-9-1)12-23-18-21-10-15(11-22-18)14-24-5-7-25(8-6-24)17-13-19-3-4-20-17/h3-4,10-11,13,16H,1-2,5-9,12,14H2,(H,21,22,23)/t16-/m1/s1. The van der Waals surface area contributed by atoms with Crippen molar-refractivity contribution >= 4 is 11.8 Å². The number of hydrogen-bond donors (Lipinski definition) is 1. The first-order valence-corrected chi connectivity index (χ1v) is 9.26. The Hall–Kier alpha value is -2.32. The number of piperazine rings is 1. The predicted molar refractivity (Wildman–Crippen MR) is 99.0 cm³/mol. The van der Waals surface area contributed by atoms with Gasteiger partial charge in [0.25, 0.3) is 0 Å². The molecule has 0 unspecified atom stereocenters. The van der Waals surface area contributed by atoms with Crippen molar-refractivity contribution < 1.29 is 4.74 Å². The number of hydrogen-bond acceptors (Lipinski definition) is 8. The second-order valence-corrected chi connectivity index (χ2v) is 6.76. The van der Waals surface area contributed by atoms with Crippen LogP contribution >= 0.6 is 0 Å². The van der Waals surface area contributed by atoms with Gasteiger partial charge in [-0.2, -0.15) is 0 Å². The van der Waals surface area contributed by atoms with Crippen LogP contribution in [0.3, 0.4) is 0 Å². The van der Waals surface area contributed by atoms with Crippen molar-refractivity contribution in [3.63, 3.8) is 0 Å². The highest BCUT2D eigenvalue weighted by Crippen LogP contribution is 2.14. The van der Waals surface area contributed by atoms with Gasteiger partial charge in [-0.25, -0.2) is 15.0 Å². The Kier molecular flexibility index (Phi) is 5.51. The zero-order chi connectivity index (χ0) is 17.6. The molecule has 0 aromatic carbocycles. The molecular weight excluding hydrogens is 330 g/mol. The Morgan fingerprint density at radius 2 is 1.88 bits per heavy atom. The molecule has 0 amide bonds. The van der Waals surface area contributed by atoms with E-state index in [9.17, 15) is 0 Å². The van der Waals surface area contributed by atoms with Crippen LogP contribution in [0.5, 0.6) is 0 Å². The molecule has 0 radical (unpaired) electrons. The molecule has 2 aromatic heterocycles. The summed E-state index contributed by atoms with van der Waals surface area (Å²) in [4.78, 5) is 22.1. The topological polar surface area (TPSA) is 79.3 Å². The normalized spacial score (nSPS) is 21.1. The maximum Gasteiger partial charge on any atom is 0.222 e. The minimum absolute atomic E-state index is 0.295. The summed E-state index contributed by atoms with van der Waals surface area (Å²) >= 11 is 0. The monoisotopic (exact) mass is 355 g/mol. The lowest BCUT2D eigenvalue weighted by molar-refractivity contribution is 0.120. The molecule has 2 aliphatic heterocycles. The molecule has 0 bridgehead atoms. The molecule has 2 fully saturated rings. The molecule has 8 heteroatoms. The van der Waals surface area contributed by atoms with Gasteiger partial charge in [0.1, 0.15) is 5.82 Å². The van der Waals surface area contributed by atoms with Crippen molar-refractivity contribution in [1.82, 2.24) is 24.8 Å². The minimum atomic E-state index is 0.295. The summed E-state index contributed by atoms with van der Waals surface area (Å²) in [5.74, 6) is 1.63. The Balaban J connectivity index is 1.23. The van der Waals surface area contributed by atoms with Crippen molar-refractivity contribution in [2.75, 3.05) is 49.5 Å². The van der Waals surface area contributed by atoms with Crippen molar-refractivity contribution in [2.45, 2.75) is 25.5 Å². The van der Waals surface area contributed by atoms with E-state index >= 15 is 0 Å². The molecule has 0 saturated carbocycles. The molecule has 8 nitrogen and oxygen atoms in total. The first-order chi connectivity index (χ1) is 12.9. The van der Waals surface area contributed by atoms with Crippen LogP contribution in [0.15, 0.2) is 31.0 Å². The molecule has 4 heterocycles. The fraction of sp³-hybridized carbons (Fsp3) is 0.556. The van der Waals surface area contributed by atoms with Crippen LogP contribution in [0.4, 0.5) is 11.8 Å². The maximum atomic E-state index is 5.60. The van der Waals surface area contributed by atoms with Crippen LogP contribution in [0.2, 0.25) is 0 Å². The predicted octanol–water partition coefficient (Wildman–Crippen LogP) is 1.18. The largest absolute Gasteiger partial charge is 0.376 e. The maximum absolute atomic E-state index is 5.60. The van der Waals surface area contributed by atoms with Gasteiger partial charge in [0.2, 0.25) is 5.95 Å². The van der Waals surface area contributed by atoms with Gasteiger partial charge in [-0.15, -0.1) is 0 Å². The van der Waals surface area contributed by atoms with Crippen molar-refractivity contribution in [3.05, 3.63) is 36.5 Å². The Bertz CT molecular complexity index is 668. The van der Waals surface area contributed by atoms with Gasteiger partial charge < -0.3 is 15.0 Å². The van der Waals surface area contributed by atoms with E-state index in [1.54, 1.807) is 12.4 Å². The minimum Gasteiger partial charge on any atom is -0.376 e. The molecule has 26 heavy (non-hydrogen) atoms. The quantitative estimate of drug-likeness (QED) is 0.828. The van der Waals surface area contributed by atoms with Gasteiger partial charge in [-0.3, -0.25) is 9.88 Å². The molecule has 2 aromatic rings. The van der Waals surface area contributed by atoms with Crippen molar-refractivity contribution in [1.29, 1.82) is 0 Å². The molecule has 0 spiro atoms. The summed E-state index contributed by atoms with van der Waals surface area (Å²) in [7, 11) is 0. The third kappa shape index (κ3) is 4.44. The average molecular weight is 355 g/mol.